The third-order valence-corrected chi connectivity index (χ3v) is 4.62. The second kappa shape index (κ2) is 5.85. The van der Waals surface area contributed by atoms with Crippen LogP contribution in [0.15, 0.2) is 29.1 Å². The van der Waals surface area contributed by atoms with Gasteiger partial charge in [0.05, 0.1) is 31.4 Å². The Labute approximate surface area is 135 Å². The van der Waals surface area contributed by atoms with Crippen molar-refractivity contribution < 1.29 is 13.9 Å². The highest BCUT2D eigenvalue weighted by molar-refractivity contribution is 5.91. The summed E-state index contributed by atoms with van der Waals surface area (Å²) in [6, 6.07) is 3.44. The topological polar surface area (TPSA) is 60.5 Å². The van der Waals surface area contributed by atoms with Gasteiger partial charge in [-0.15, -0.1) is 0 Å². The first kappa shape index (κ1) is 14.5. The van der Waals surface area contributed by atoms with Crippen molar-refractivity contribution in [3.8, 4) is 0 Å². The van der Waals surface area contributed by atoms with Crippen LogP contribution in [0, 0.1) is 5.92 Å². The third kappa shape index (κ3) is 2.91. The van der Waals surface area contributed by atoms with E-state index < -0.39 is 0 Å². The lowest BCUT2D eigenvalue weighted by atomic mass is 9.98. The Bertz CT molecular complexity index is 688. The number of nitrogens with zero attached hydrogens (tertiary/aromatic N) is 3. The Morgan fingerprint density at radius 3 is 3.04 bits per heavy atom. The fraction of sp³-hybridized carbons (Fsp3) is 0.529. The highest BCUT2D eigenvalue weighted by Crippen LogP contribution is 2.31. The van der Waals surface area contributed by atoms with Crippen LogP contribution in [0.5, 0.6) is 0 Å². The average molecular weight is 315 g/mol. The van der Waals surface area contributed by atoms with Gasteiger partial charge in [0, 0.05) is 31.8 Å². The number of hydrogen-bond donors (Lipinski definition) is 0. The average Bonchev–Trinajstić information content (AvgIpc) is 3.07. The molecule has 0 N–H and O–H groups in total. The molecule has 0 saturated heterocycles. The van der Waals surface area contributed by atoms with Gasteiger partial charge in [0.1, 0.15) is 0 Å². The molecule has 0 aromatic carbocycles. The van der Waals surface area contributed by atoms with Crippen LogP contribution in [-0.4, -0.2) is 40.1 Å². The smallest absolute Gasteiger partial charge is 0.289 e. The standard InChI is InChI=1S/C17H21N3O3/c1-19-11-18-14-8-20(17(21)15-3-2-6-23-15)7-13(16(14)19)10-22-9-12-4-5-12/h2-3,6,11-13H,4-5,7-10H2,1H3/t13-/m1/s1. The van der Waals surface area contributed by atoms with Gasteiger partial charge in [-0.05, 0) is 30.9 Å². The van der Waals surface area contributed by atoms with Crippen molar-refractivity contribution in [1.29, 1.82) is 0 Å². The minimum atomic E-state index is -0.0847. The number of fused-ring (bicyclic) bond motifs is 1. The maximum absolute atomic E-state index is 12.6. The molecule has 3 heterocycles. The van der Waals surface area contributed by atoms with E-state index in [9.17, 15) is 4.79 Å². The Hall–Kier alpha value is -2.08. The summed E-state index contributed by atoms with van der Waals surface area (Å²) in [6.07, 6.45) is 5.91. The van der Waals surface area contributed by atoms with Crippen molar-refractivity contribution >= 4 is 5.91 Å². The van der Waals surface area contributed by atoms with E-state index in [1.807, 2.05) is 13.4 Å². The monoisotopic (exact) mass is 315 g/mol. The molecule has 122 valence electrons. The van der Waals surface area contributed by atoms with E-state index in [1.165, 1.54) is 24.8 Å². The van der Waals surface area contributed by atoms with E-state index >= 15 is 0 Å². The van der Waals surface area contributed by atoms with E-state index in [0.717, 1.165) is 18.2 Å². The number of aromatic nitrogens is 2. The Morgan fingerprint density at radius 2 is 2.30 bits per heavy atom. The lowest BCUT2D eigenvalue weighted by molar-refractivity contribution is 0.0591. The molecule has 1 saturated carbocycles. The van der Waals surface area contributed by atoms with Gasteiger partial charge >= 0.3 is 0 Å². The number of ether oxygens (including phenoxy) is 1. The Kier molecular flexibility index (Phi) is 3.69. The molecule has 0 bridgehead atoms. The normalized spacial score (nSPS) is 20.6. The van der Waals surface area contributed by atoms with E-state index in [1.54, 1.807) is 17.0 Å². The van der Waals surface area contributed by atoms with Crippen molar-refractivity contribution in [2.45, 2.75) is 25.3 Å². The summed E-state index contributed by atoms with van der Waals surface area (Å²) in [6.45, 7) is 2.62. The molecule has 6 nitrogen and oxygen atoms in total. The predicted octanol–water partition coefficient (Wildman–Crippen LogP) is 2.18. The van der Waals surface area contributed by atoms with Gasteiger partial charge < -0.3 is 18.6 Å². The SMILES string of the molecule is Cn1cnc2c1[C@@H](COCC1CC1)CN(C(=O)c1ccco1)C2. The van der Waals surface area contributed by atoms with Gasteiger partial charge in [-0.1, -0.05) is 0 Å². The number of hydrogen-bond acceptors (Lipinski definition) is 4. The molecule has 1 aliphatic heterocycles. The van der Waals surface area contributed by atoms with Crippen LogP contribution < -0.4 is 0 Å². The number of carbonyl (C=O) groups excluding carboxylic acids is 1. The maximum Gasteiger partial charge on any atom is 0.289 e. The minimum absolute atomic E-state index is 0.0847. The van der Waals surface area contributed by atoms with Gasteiger partial charge in [-0.2, -0.15) is 0 Å². The van der Waals surface area contributed by atoms with E-state index in [-0.39, 0.29) is 11.8 Å². The second-order valence-corrected chi connectivity index (χ2v) is 6.53. The number of furan rings is 1. The van der Waals surface area contributed by atoms with Crippen molar-refractivity contribution in [1.82, 2.24) is 14.5 Å². The first-order valence-corrected chi connectivity index (χ1v) is 8.13. The van der Waals surface area contributed by atoms with Crippen LogP contribution in [0.1, 0.15) is 40.7 Å². The van der Waals surface area contributed by atoms with Crippen LogP contribution in [0.2, 0.25) is 0 Å². The first-order valence-electron chi connectivity index (χ1n) is 8.13. The van der Waals surface area contributed by atoms with Crippen LogP contribution in [-0.2, 0) is 18.3 Å². The third-order valence-electron chi connectivity index (χ3n) is 4.62. The predicted molar refractivity (Wildman–Crippen MR) is 82.9 cm³/mol. The van der Waals surface area contributed by atoms with Crippen LogP contribution in [0.4, 0.5) is 0 Å². The van der Waals surface area contributed by atoms with E-state index in [0.29, 0.717) is 25.5 Å². The molecule has 2 aromatic rings. The summed E-state index contributed by atoms with van der Waals surface area (Å²) in [5, 5.41) is 0. The molecule has 2 aromatic heterocycles. The number of carbonyl (C=O) groups is 1. The summed E-state index contributed by atoms with van der Waals surface area (Å²) in [7, 11) is 2.00. The minimum Gasteiger partial charge on any atom is -0.459 e. The highest BCUT2D eigenvalue weighted by Gasteiger charge is 2.33. The second-order valence-electron chi connectivity index (χ2n) is 6.53. The summed E-state index contributed by atoms with van der Waals surface area (Å²) >= 11 is 0. The number of aryl methyl sites for hydroxylation is 1. The Balaban J connectivity index is 1.51. The fourth-order valence-corrected chi connectivity index (χ4v) is 3.24. The van der Waals surface area contributed by atoms with E-state index in [4.69, 9.17) is 9.15 Å². The molecule has 0 unspecified atom stereocenters. The number of imidazole rings is 1. The van der Waals surface area contributed by atoms with Crippen LogP contribution in [0.3, 0.4) is 0 Å². The summed E-state index contributed by atoms with van der Waals surface area (Å²) < 4.78 is 13.2. The van der Waals surface area contributed by atoms with Gasteiger partial charge in [0.25, 0.3) is 5.91 Å². The molecule has 6 heteroatoms. The summed E-state index contributed by atoms with van der Waals surface area (Å²) in [4.78, 5) is 18.8. The fourth-order valence-electron chi connectivity index (χ4n) is 3.24. The van der Waals surface area contributed by atoms with Crippen molar-refractivity contribution in [3.05, 3.63) is 41.9 Å². The molecular formula is C17H21N3O3. The zero-order valence-electron chi connectivity index (χ0n) is 13.3. The van der Waals surface area contributed by atoms with Gasteiger partial charge in [-0.25, -0.2) is 4.98 Å². The van der Waals surface area contributed by atoms with Crippen molar-refractivity contribution in [2.24, 2.45) is 13.0 Å². The molecule has 1 aliphatic carbocycles. The van der Waals surface area contributed by atoms with Crippen LogP contribution >= 0.6 is 0 Å². The largest absolute Gasteiger partial charge is 0.459 e. The van der Waals surface area contributed by atoms with Crippen LogP contribution in [0.25, 0.3) is 0 Å². The number of amides is 1. The lowest BCUT2D eigenvalue weighted by Gasteiger charge is -2.32. The van der Waals surface area contributed by atoms with Gasteiger partial charge in [0.2, 0.25) is 0 Å². The molecule has 23 heavy (non-hydrogen) atoms. The zero-order chi connectivity index (χ0) is 15.8. The first-order chi connectivity index (χ1) is 11.2. The molecular weight excluding hydrogens is 294 g/mol. The lowest BCUT2D eigenvalue weighted by Crippen LogP contribution is -2.40. The maximum atomic E-state index is 12.6. The quantitative estimate of drug-likeness (QED) is 0.848. The van der Waals surface area contributed by atoms with Gasteiger partial charge in [-0.3, -0.25) is 4.79 Å². The molecule has 4 rings (SSSR count). The summed E-state index contributed by atoms with van der Waals surface area (Å²) in [5.74, 6) is 1.19. The summed E-state index contributed by atoms with van der Waals surface area (Å²) in [5.41, 5.74) is 2.14. The Morgan fingerprint density at radius 1 is 1.43 bits per heavy atom. The van der Waals surface area contributed by atoms with Crippen molar-refractivity contribution in [3.63, 3.8) is 0 Å². The molecule has 0 radical (unpaired) electrons. The highest BCUT2D eigenvalue weighted by atomic mass is 16.5. The molecule has 1 amide bonds. The molecule has 1 atom stereocenters. The van der Waals surface area contributed by atoms with Gasteiger partial charge in [0.15, 0.2) is 5.76 Å². The van der Waals surface area contributed by atoms with E-state index in [2.05, 4.69) is 9.55 Å². The number of rotatable bonds is 5. The molecule has 2 aliphatic rings. The molecule has 0 spiro atoms. The van der Waals surface area contributed by atoms with Crippen molar-refractivity contribution in [2.75, 3.05) is 19.8 Å². The molecule has 1 fully saturated rings. The zero-order valence-corrected chi connectivity index (χ0v) is 13.3.